The van der Waals surface area contributed by atoms with Crippen LogP contribution in [0.15, 0.2) is 29.0 Å². The van der Waals surface area contributed by atoms with Crippen LogP contribution >= 0.6 is 0 Å². The summed E-state index contributed by atoms with van der Waals surface area (Å²) in [5, 5.41) is 45.0. The Labute approximate surface area is 234 Å². The number of primary amides is 1. The largest absolute Gasteiger partial charge is 0.508 e. The first-order valence-electron chi connectivity index (χ1n) is 13.8. The predicted molar refractivity (Wildman–Crippen MR) is 149 cm³/mol. The molecule has 0 heterocycles. The predicted octanol–water partition coefficient (Wildman–Crippen LogP) is 2.08. The Hall–Kier alpha value is -3.21. The van der Waals surface area contributed by atoms with Crippen LogP contribution in [-0.4, -0.2) is 86.5 Å². The van der Waals surface area contributed by atoms with Gasteiger partial charge in [0.25, 0.3) is 5.91 Å². The van der Waals surface area contributed by atoms with Gasteiger partial charge in [-0.25, -0.2) is 0 Å². The Balaban J connectivity index is 1.87. The van der Waals surface area contributed by atoms with Crippen molar-refractivity contribution in [2.45, 2.75) is 58.7 Å². The summed E-state index contributed by atoms with van der Waals surface area (Å²) < 4.78 is 0. The van der Waals surface area contributed by atoms with E-state index in [9.17, 15) is 34.8 Å². The zero-order valence-electron chi connectivity index (χ0n) is 24.1. The fourth-order valence-corrected chi connectivity index (χ4v) is 6.93. The van der Waals surface area contributed by atoms with Crippen molar-refractivity contribution in [3.8, 4) is 5.75 Å². The molecule has 10 heteroatoms. The maximum Gasteiger partial charge on any atom is 0.255 e. The molecule has 3 aliphatic rings. The molecule has 6 N–H and O–H groups in total. The van der Waals surface area contributed by atoms with E-state index in [1.165, 1.54) is 11.0 Å². The first-order chi connectivity index (χ1) is 18.6. The van der Waals surface area contributed by atoms with Crippen molar-refractivity contribution in [2.75, 3.05) is 27.2 Å². The minimum absolute atomic E-state index is 0.0720. The third-order valence-corrected chi connectivity index (χ3v) is 8.34. The first-order valence-corrected chi connectivity index (χ1v) is 13.8. The van der Waals surface area contributed by atoms with Crippen LogP contribution < -0.4 is 5.73 Å². The number of amides is 1. The van der Waals surface area contributed by atoms with E-state index in [4.69, 9.17) is 5.73 Å². The average molecular weight is 556 g/mol. The maximum atomic E-state index is 14.0. The molecule has 218 valence electrons. The molecule has 0 saturated heterocycles. The number of carbonyl (C=O) groups excluding carboxylic acids is 3. The minimum atomic E-state index is -2.64. The Morgan fingerprint density at radius 3 is 2.20 bits per heavy atom. The lowest BCUT2D eigenvalue weighted by Gasteiger charge is -2.50. The number of phenols is 1. The van der Waals surface area contributed by atoms with Gasteiger partial charge in [-0.3, -0.25) is 24.2 Å². The molecule has 0 bridgehead atoms. The van der Waals surface area contributed by atoms with Crippen molar-refractivity contribution in [1.82, 2.24) is 9.80 Å². The highest BCUT2D eigenvalue weighted by Gasteiger charge is 2.64. The van der Waals surface area contributed by atoms with Crippen molar-refractivity contribution in [2.24, 2.45) is 29.4 Å². The van der Waals surface area contributed by atoms with E-state index < -0.39 is 58.0 Å². The molecule has 4 rings (SSSR count). The van der Waals surface area contributed by atoms with Crippen LogP contribution in [0.1, 0.15) is 50.8 Å². The molecule has 10 nitrogen and oxygen atoms in total. The molecule has 0 radical (unpaired) electrons. The minimum Gasteiger partial charge on any atom is -0.508 e. The molecule has 1 aromatic carbocycles. The third kappa shape index (κ3) is 4.71. The van der Waals surface area contributed by atoms with E-state index in [0.717, 1.165) is 18.7 Å². The quantitative estimate of drug-likeness (QED) is 0.302. The number of carbonyl (C=O) groups is 3. The second-order valence-electron chi connectivity index (χ2n) is 12.5. The highest BCUT2D eigenvalue weighted by atomic mass is 16.3. The van der Waals surface area contributed by atoms with Crippen LogP contribution in [0, 0.1) is 23.7 Å². The molecule has 0 aliphatic heterocycles. The summed E-state index contributed by atoms with van der Waals surface area (Å²) in [5.41, 5.74) is 3.54. The maximum absolute atomic E-state index is 14.0. The Kier molecular flexibility index (Phi) is 7.92. The molecule has 1 saturated carbocycles. The van der Waals surface area contributed by atoms with Crippen LogP contribution in [0.4, 0.5) is 0 Å². The number of aliphatic hydroxyl groups is 3. The fourth-order valence-electron chi connectivity index (χ4n) is 6.93. The van der Waals surface area contributed by atoms with E-state index >= 15 is 0 Å². The standard InChI is InChI=1S/C30H41N3O7/c1-14(2)11-33(12-15(3)4)13-16-7-8-20(34)22-18(16)9-17-10-19-24(32(5)6)26(36)23(29(31)39)28(38)30(19,40)27(37)21(17)25(22)35/h7-8,14-15,17,19,24,34-35,38,40H,9-13H2,1-6H3,(H2,31,39). The highest BCUT2D eigenvalue weighted by Crippen LogP contribution is 2.53. The van der Waals surface area contributed by atoms with E-state index in [1.807, 2.05) is 6.07 Å². The number of rotatable bonds is 8. The van der Waals surface area contributed by atoms with Gasteiger partial charge in [0.2, 0.25) is 5.78 Å². The molecule has 40 heavy (non-hydrogen) atoms. The number of benzene rings is 1. The average Bonchev–Trinajstić information content (AvgIpc) is 2.81. The summed E-state index contributed by atoms with van der Waals surface area (Å²) in [5.74, 6) is -5.59. The number of hydrogen-bond donors (Lipinski definition) is 5. The Bertz CT molecular complexity index is 1300. The van der Waals surface area contributed by atoms with Gasteiger partial charge in [-0.1, -0.05) is 33.8 Å². The Morgan fingerprint density at radius 1 is 1.07 bits per heavy atom. The second kappa shape index (κ2) is 10.6. The van der Waals surface area contributed by atoms with Gasteiger partial charge in [0.05, 0.1) is 11.6 Å². The van der Waals surface area contributed by atoms with Crippen LogP contribution in [-0.2, 0) is 27.3 Å². The molecular formula is C30H41N3O7. The number of hydrogen-bond acceptors (Lipinski definition) is 9. The van der Waals surface area contributed by atoms with Crippen LogP contribution in [0.5, 0.6) is 5.75 Å². The molecule has 1 amide bonds. The van der Waals surface area contributed by atoms with Crippen molar-refractivity contribution in [3.05, 3.63) is 45.7 Å². The third-order valence-electron chi connectivity index (χ3n) is 8.34. The number of aliphatic hydroxyl groups excluding tert-OH is 2. The molecule has 1 fully saturated rings. The van der Waals surface area contributed by atoms with Crippen LogP contribution in [0.3, 0.4) is 0 Å². The van der Waals surface area contributed by atoms with Gasteiger partial charge in [0.1, 0.15) is 22.8 Å². The molecule has 0 spiro atoms. The summed E-state index contributed by atoms with van der Waals surface area (Å²) in [6, 6.07) is 2.22. The van der Waals surface area contributed by atoms with E-state index in [0.29, 0.717) is 23.9 Å². The smallest absolute Gasteiger partial charge is 0.255 e. The number of aromatic hydroxyl groups is 1. The van der Waals surface area contributed by atoms with Crippen LogP contribution in [0.25, 0.3) is 5.76 Å². The molecule has 1 aromatic rings. The van der Waals surface area contributed by atoms with Crippen molar-refractivity contribution in [3.63, 3.8) is 0 Å². The van der Waals surface area contributed by atoms with Gasteiger partial charge >= 0.3 is 0 Å². The summed E-state index contributed by atoms with van der Waals surface area (Å²) in [6.45, 7) is 10.9. The number of ketones is 2. The zero-order chi connectivity index (χ0) is 29.8. The van der Waals surface area contributed by atoms with Gasteiger partial charge in [0, 0.05) is 31.1 Å². The van der Waals surface area contributed by atoms with E-state index in [2.05, 4.69) is 32.6 Å². The van der Waals surface area contributed by atoms with Gasteiger partial charge < -0.3 is 26.2 Å². The van der Waals surface area contributed by atoms with E-state index in [1.54, 1.807) is 14.1 Å². The zero-order valence-corrected chi connectivity index (χ0v) is 24.1. The molecule has 4 unspecified atom stereocenters. The number of nitrogens with zero attached hydrogens (tertiary/aromatic N) is 2. The molecule has 3 aliphatic carbocycles. The molecule has 0 aromatic heterocycles. The number of nitrogens with two attached hydrogens (primary N) is 1. The molecule has 4 atom stereocenters. The number of likely N-dealkylation sites (N-methyl/N-ethyl adjacent to an activating group) is 1. The van der Waals surface area contributed by atoms with Crippen LogP contribution in [0.2, 0.25) is 0 Å². The summed E-state index contributed by atoms with van der Waals surface area (Å²) >= 11 is 0. The topological polar surface area (TPSA) is 165 Å². The normalized spacial score (nSPS) is 26.6. The van der Waals surface area contributed by atoms with Gasteiger partial charge in [0.15, 0.2) is 11.4 Å². The number of Topliss-reactive ketones (excluding diaryl/α,β-unsaturated/α-hetero) is 2. The molecular weight excluding hydrogens is 514 g/mol. The summed E-state index contributed by atoms with van der Waals surface area (Å²) in [7, 11) is 3.17. The first kappa shape index (κ1) is 29.8. The van der Waals surface area contributed by atoms with Gasteiger partial charge in [-0.05, 0) is 61.9 Å². The monoisotopic (exact) mass is 555 g/mol. The summed E-state index contributed by atoms with van der Waals surface area (Å²) in [4.78, 5) is 43.2. The lowest BCUT2D eigenvalue weighted by atomic mass is 9.57. The second-order valence-corrected chi connectivity index (χ2v) is 12.5. The van der Waals surface area contributed by atoms with Crippen molar-refractivity contribution >= 4 is 23.2 Å². The van der Waals surface area contributed by atoms with Crippen molar-refractivity contribution < 1.29 is 34.8 Å². The number of fused-ring (bicyclic) bond motifs is 3. The summed E-state index contributed by atoms with van der Waals surface area (Å²) in [6.07, 6.45) is 0.359. The van der Waals surface area contributed by atoms with Gasteiger partial charge in [-0.2, -0.15) is 0 Å². The van der Waals surface area contributed by atoms with Crippen molar-refractivity contribution in [1.29, 1.82) is 0 Å². The lowest BCUT2D eigenvalue weighted by molar-refractivity contribution is -0.153. The van der Waals surface area contributed by atoms with E-state index in [-0.39, 0.29) is 29.7 Å². The lowest BCUT2D eigenvalue weighted by Crippen LogP contribution is -2.65. The highest BCUT2D eigenvalue weighted by molar-refractivity contribution is 6.24. The van der Waals surface area contributed by atoms with Gasteiger partial charge in [-0.15, -0.1) is 0 Å². The fraction of sp³-hybridized carbons (Fsp3) is 0.567. The SMILES string of the molecule is CC(C)CN(Cc1ccc(O)c2c1CC1CC3C(N(C)C)C(=O)C(C(N)=O)=C(O)C3(O)C(=O)C1=C2O)CC(C)C. The number of phenolic OH excluding ortho intramolecular Hbond substituents is 1. The Morgan fingerprint density at radius 2 is 1.68 bits per heavy atom.